The molecule has 3 rings (SSSR count). The smallest absolute Gasteiger partial charge is 0.263 e. The van der Waals surface area contributed by atoms with Gasteiger partial charge in [0.25, 0.3) is 5.56 Å². The van der Waals surface area contributed by atoms with E-state index in [-0.39, 0.29) is 17.4 Å². The van der Waals surface area contributed by atoms with Gasteiger partial charge in [0, 0.05) is 11.4 Å². The van der Waals surface area contributed by atoms with Crippen molar-refractivity contribution in [1.29, 1.82) is 5.26 Å². The van der Waals surface area contributed by atoms with Crippen molar-refractivity contribution >= 4 is 39.2 Å². The molecule has 2 atom stereocenters. The van der Waals surface area contributed by atoms with E-state index in [1.54, 1.807) is 29.8 Å². The molecule has 0 radical (unpaired) electrons. The fraction of sp³-hybridized carbons (Fsp3) is 0.652. The Kier molecular flexibility index (Phi) is 7.48. The lowest BCUT2D eigenvalue weighted by molar-refractivity contribution is -0.121. The summed E-state index contributed by atoms with van der Waals surface area (Å²) < 4.78 is 1.77. The van der Waals surface area contributed by atoms with Crippen LogP contribution in [0, 0.1) is 17.2 Å². The number of nitrogens with zero attached hydrogens (tertiary/aromatic N) is 3. The molecule has 0 saturated carbocycles. The van der Waals surface area contributed by atoms with Gasteiger partial charge in [0.15, 0.2) is 5.16 Å². The van der Waals surface area contributed by atoms with Crippen LogP contribution < -0.4 is 10.9 Å². The summed E-state index contributed by atoms with van der Waals surface area (Å²) in [6.07, 6.45) is 6.10. The highest BCUT2D eigenvalue weighted by Gasteiger charge is 2.32. The molecule has 1 aliphatic rings. The zero-order chi connectivity index (χ0) is 22.8. The topological polar surface area (TPSA) is 87.8 Å². The summed E-state index contributed by atoms with van der Waals surface area (Å²) in [4.78, 5) is 33.2. The van der Waals surface area contributed by atoms with Crippen LogP contribution in [-0.2, 0) is 24.2 Å². The van der Waals surface area contributed by atoms with Crippen LogP contribution in [0.5, 0.6) is 0 Å². The monoisotopic (exact) mass is 460 g/mol. The van der Waals surface area contributed by atoms with Gasteiger partial charge in [-0.2, -0.15) is 5.26 Å². The minimum Gasteiger partial charge on any atom is -0.337 e. The molecular weight excluding hydrogens is 428 g/mol. The zero-order valence-corrected chi connectivity index (χ0v) is 20.7. The lowest BCUT2D eigenvalue weighted by atomic mass is 9.90. The number of amides is 1. The normalized spacial score (nSPS) is 16.2. The number of fused-ring (bicyclic) bond motifs is 3. The fourth-order valence-electron chi connectivity index (χ4n) is 3.74. The summed E-state index contributed by atoms with van der Waals surface area (Å²) >= 11 is 2.93. The van der Waals surface area contributed by atoms with E-state index in [0.29, 0.717) is 11.7 Å². The minimum atomic E-state index is -0.932. The van der Waals surface area contributed by atoms with Crippen LogP contribution >= 0.6 is 23.1 Å². The van der Waals surface area contributed by atoms with E-state index >= 15 is 0 Å². The van der Waals surface area contributed by atoms with Crippen molar-refractivity contribution in [2.75, 3.05) is 0 Å². The number of nitrogens with one attached hydrogen (secondary N) is 1. The zero-order valence-electron chi connectivity index (χ0n) is 19.1. The van der Waals surface area contributed by atoms with Crippen LogP contribution in [0.1, 0.15) is 70.7 Å². The number of carbonyl (C=O) groups is 1. The van der Waals surface area contributed by atoms with E-state index in [9.17, 15) is 14.9 Å². The largest absolute Gasteiger partial charge is 0.337 e. The molecule has 0 saturated heterocycles. The van der Waals surface area contributed by atoms with Crippen LogP contribution in [-0.4, -0.2) is 26.2 Å². The molecule has 1 aliphatic carbocycles. The van der Waals surface area contributed by atoms with Crippen molar-refractivity contribution in [3.63, 3.8) is 0 Å². The summed E-state index contributed by atoms with van der Waals surface area (Å²) in [5, 5.41) is 13.3. The van der Waals surface area contributed by atoms with Gasteiger partial charge in [-0.15, -0.1) is 11.3 Å². The molecule has 2 aromatic rings. The van der Waals surface area contributed by atoms with Gasteiger partial charge in [-0.1, -0.05) is 45.4 Å². The number of carbonyl (C=O) groups excluding carboxylic acids is 1. The van der Waals surface area contributed by atoms with E-state index in [0.717, 1.165) is 48.7 Å². The Hall–Kier alpha value is -1.85. The molecule has 2 aromatic heterocycles. The van der Waals surface area contributed by atoms with Crippen molar-refractivity contribution in [3.05, 3.63) is 20.8 Å². The van der Waals surface area contributed by atoms with Crippen molar-refractivity contribution < 1.29 is 4.79 Å². The highest BCUT2D eigenvalue weighted by molar-refractivity contribution is 8.00. The Morgan fingerprint density at radius 3 is 2.74 bits per heavy atom. The number of hydrogen-bond acceptors (Lipinski definition) is 6. The van der Waals surface area contributed by atoms with Crippen LogP contribution in [0.3, 0.4) is 0 Å². The minimum absolute atomic E-state index is 0.0196. The Morgan fingerprint density at radius 1 is 1.35 bits per heavy atom. The number of rotatable bonds is 9. The molecule has 2 unspecified atom stereocenters. The Labute approximate surface area is 192 Å². The third-order valence-electron chi connectivity index (χ3n) is 6.20. The van der Waals surface area contributed by atoms with Gasteiger partial charge < -0.3 is 5.32 Å². The van der Waals surface area contributed by atoms with Gasteiger partial charge in [-0.05, 0) is 51.0 Å². The molecule has 1 N–H and O–H groups in total. The van der Waals surface area contributed by atoms with Gasteiger partial charge in [0.05, 0.1) is 16.7 Å². The maximum absolute atomic E-state index is 13.5. The summed E-state index contributed by atoms with van der Waals surface area (Å²) in [5.74, 6) is -0.236. The lowest BCUT2D eigenvalue weighted by Crippen LogP contribution is -2.51. The predicted octanol–water partition coefficient (Wildman–Crippen LogP) is 4.67. The van der Waals surface area contributed by atoms with E-state index < -0.39 is 10.8 Å². The average molecular weight is 461 g/mol. The maximum atomic E-state index is 13.5. The summed E-state index contributed by atoms with van der Waals surface area (Å²) in [6.45, 7) is 10.1. The van der Waals surface area contributed by atoms with Gasteiger partial charge in [0.1, 0.15) is 10.4 Å². The Balaban J connectivity index is 1.93. The molecule has 0 spiro atoms. The fourth-order valence-corrected chi connectivity index (χ4v) is 5.97. The predicted molar refractivity (Wildman–Crippen MR) is 128 cm³/mol. The van der Waals surface area contributed by atoms with E-state index in [2.05, 4.69) is 18.3 Å². The third-order valence-corrected chi connectivity index (χ3v) is 8.47. The van der Waals surface area contributed by atoms with Crippen molar-refractivity contribution in [1.82, 2.24) is 14.9 Å². The number of thioether (sulfide) groups is 1. The first-order valence-corrected chi connectivity index (χ1v) is 12.9. The molecule has 31 heavy (non-hydrogen) atoms. The van der Waals surface area contributed by atoms with Gasteiger partial charge in [-0.3, -0.25) is 14.2 Å². The highest BCUT2D eigenvalue weighted by atomic mass is 32.2. The number of nitriles is 1. The van der Waals surface area contributed by atoms with Crippen LogP contribution in [0.4, 0.5) is 0 Å². The van der Waals surface area contributed by atoms with Crippen LogP contribution in [0.2, 0.25) is 0 Å². The number of aryl methyl sites for hydroxylation is 2. The van der Waals surface area contributed by atoms with Gasteiger partial charge in [0.2, 0.25) is 5.91 Å². The SMILES string of the molecule is CCCCCn1c(SC(C)C(=O)NC(C)(C#N)C(C)C)nc2sc3c(c2c1=O)CCC3. The van der Waals surface area contributed by atoms with Crippen molar-refractivity contribution in [3.8, 4) is 6.07 Å². The average Bonchev–Trinajstić information content (AvgIpc) is 3.30. The van der Waals surface area contributed by atoms with E-state index in [1.165, 1.54) is 22.2 Å². The molecular formula is C23H32N4O2S2. The van der Waals surface area contributed by atoms with Crippen LogP contribution in [0.15, 0.2) is 9.95 Å². The quantitative estimate of drug-likeness (QED) is 0.334. The summed E-state index contributed by atoms with van der Waals surface area (Å²) in [7, 11) is 0. The highest BCUT2D eigenvalue weighted by Crippen LogP contribution is 2.36. The second kappa shape index (κ2) is 9.74. The first-order chi connectivity index (χ1) is 14.7. The Bertz CT molecular complexity index is 1070. The molecule has 0 bridgehead atoms. The lowest BCUT2D eigenvalue weighted by Gasteiger charge is -2.28. The van der Waals surface area contributed by atoms with Gasteiger partial charge in [-0.25, -0.2) is 4.98 Å². The molecule has 168 valence electrons. The van der Waals surface area contributed by atoms with E-state index in [1.807, 2.05) is 13.8 Å². The first-order valence-electron chi connectivity index (χ1n) is 11.2. The number of thiophene rings is 1. The summed E-state index contributed by atoms with van der Waals surface area (Å²) in [5.41, 5.74) is 0.281. The number of unbranched alkanes of at least 4 members (excludes halogenated alkanes) is 2. The Morgan fingerprint density at radius 2 is 2.10 bits per heavy atom. The third kappa shape index (κ3) is 4.83. The molecule has 2 heterocycles. The number of aromatic nitrogens is 2. The molecule has 1 amide bonds. The molecule has 0 aromatic carbocycles. The molecule has 6 nitrogen and oxygen atoms in total. The van der Waals surface area contributed by atoms with Gasteiger partial charge >= 0.3 is 0 Å². The van der Waals surface area contributed by atoms with Crippen LogP contribution in [0.25, 0.3) is 10.2 Å². The maximum Gasteiger partial charge on any atom is 0.263 e. The first kappa shape index (κ1) is 23.8. The molecule has 0 aliphatic heterocycles. The van der Waals surface area contributed by atoms with Crippen molar-refractivity contribution in [2.24, 2.45) is 5.92 Å². The van der Waals surface area contributed by atoms with E-state index in [4.69, 9.17) is 4.98 Å². The standard InChI is InChI=1S/C23H32N4O2S2/c1-6-7-8-12-27-21(29)18-16-10-9-11-17(16)31-20(18)25-22(27)30-15(4)19(28)26-23(5,13-24)14(2)3/h14-15H,6-12H2,1-5H3,(H,26,28). The summed E-state index contributed by atoms with van der Waals surface area (Å²) in [6, 6.07) is 2.22. The molecule has 0 fully saturated rings. The second-order valence-corrected chi connectivity index (χ2v) is 11.2. The number of hydrogen-bond donors (Lipinski definition) is 1. The molecule has 8 heteroatoms. The second-order valence-electron chi connectivity index (χ2n) is 8.81. The van der Waals surface area contributed by atoms with Crippen molar-refractivity contribution in [2.45, 2.75) is 95.6 Å².